The Hall–Kier alpha value is -1.26. The standard InChI is InChI=1S/C7H13N3O2/c1-2-5-6(11)9-3-4-10(5)7(8)12/h5H,2-4H2,1H3,(H2,8,12)(H,9,11)/t5-/m0/s1. The highest BCUT2D eigenvalue weighted by molar-refractivity contribution is 5.87. The van der Waals surface area contributed by atoms with Gasteiger partial charge in [-0.15, -0.1) is 0 Å². The Morgan fingerprint density at radius 2 is 2.50 bits per heavy atom. The molecule has 1 aliphatic heterocycles. The zero-order valence-corrected chi connectivity index (χ0v) is 7.04. The molecule has 3 N–H and O–H groups in total. The zero-order chi connectivity index (χ0) is 9.14. The van der Waals surface area contributed by atoms with E-state index in [0.717, 1.165) is 0 Å². The van der Waals surface area contributed by atoms with Crippen LogP contribution in [0.2, 0.25) is 0 Å². The molecule has 1 rings (SSSR count). The van der Waals surface area contributed by atoms with E-state index in [9.17, 15) is 9.59 Å². The van der Waals surface area contributed by atoms with Crippen LogP contribution in [0, 0.1) is 0 Å². The second kappa shape index (κ2) is 3.42. The molecule has 0 aromatic carbocycles. The highest BCUT2D eigenvalue weighted by Crippen LogP contribution is 2.07. The molecule has 3 amide bonds. The van der Waals surface area contributed by atoms with Gasteiger partial charge >= 0.3 is 6.03 Å². The summed E-state index contributed by atoms with van der Waals surface area (Å²) in [6.07, 6.45) is 0.606. The van der Waals surface area contributed by atoms with Gasteiger partial charge in [0.15, 0.2) is 0 Å². The van der Waals surface area contributed by atoms with E-state index in [-0.39, 0.29) is 11.9 Å². The molecule has 0 saturated carbocycles. The quantitative estimate of drug-likeness (QED) is 0.546. The summed E-state index contributed by atoms with van der Waals surface area (Å²) >= 11 is 0. The van der Waals surface area contributed by atoms with Gasteiger partial charge < -0.3 is 16.0 Å². The molecule has 1 atom stereocenters. The van der Waals surface area contributed by atoms with E-state index in [1.165, 1.54) is 4.90 Å². The number of urea groups is 1. The van der Waals surface area contributed by atoms with Crippen LogP contribution >= 0.6 is 0 Å². The lowest BCUT2D eigenvalue weighted by Crippen LogP contribution is -2.58. The monoisotopic (exact) mass is 171 g/mol. The largest absolute Gasteiger partial charge is 0.353 e. The number of hydrogen-bond acceptors (Lipinski definition) is 2. The van der Waals surface area contributed by atoms with Crippen molar-refractivity contribution in [1.29, 1.82) is 0 Å². The van der Waals surface area contributed by atoms with Gasteiger partial charge in [0, 0.05) is 13.1 Å². The Balaban J connectivity index is 2.70. The number of carbonyl (C=O) groups excluding carboxylic acids is 2. The molecule has 1 fully saturated rings. The third kappa shape index (κ3) is 1.49. The van der Waals surface area contributed by atoms with Crippen molar-refractivity contribution in [2.75, 3.05) is 13.1 Å². The smallest absolute Gasteiger partial charge is 0.315 e. The van der Waals surface area contributed by atoms with Crippen LogP contribution in [0.3, 0.4) is 0 Å². The van der Waals surface area contributed by atoms with Gasteiger partial charge in [0.05, 0.1) is 0 Å². The number of hydrogen-bond donors (Lipinski definition) is 2. The van der Waals surface area contributed by atoms with E-state index in [0.29, 0.717) is 19.5 Å². The van der Waals surface area contributed by atoms with E-state index >= 15 is 0 Å². The van der Waals surface area contributed by atoms with Crippen LogP contribution in [0.5, 0.6) is 0 Å². The van der Waals surface area contributed by atoms with Crippen molar-refractivity contribution in [2.45, 2.75) is 19.4 Å². The SMILES string of the molecule is CC[C@H]1C(=O)NCCN1C(N)=O. The van der Waals surface area contributed by atoms with Gasteiger partial charge in [-0.2, -0.15) is 0 Å². The molecular weight excluding hydrogens is 158 g/mol. The molecule has 0 aliphatic carbocycles. The number of piperazine rings is 1. The van der Waals surface area contributed by atoms with E-state index in [4.69, 9.17) is 5.73 Å². The van der Waals surface area contributed by atoms with E-state index in [1.807, 2.05) is 6.92 Å². The third-order valence-corrected chi connectivity index (χ3v) is 2.00. The molecule has 68 valence electrons. The first-order valence-electron chi connectivity index (χ1n) is 4.00. The molecule has 1 aliphatic rings. The third-order valence-electron chi connectivity index (χ3n) is 2.00. The Morgan fingerprint density at radius 1 is 1.83 bits per heavy atom. The average Bonchev–Trinajstić information content (AvgIpc) is 2.03. The van der Waals surface area contributed by atoms with Gasteiger partial charge in [-0.1, -0.05) is 6.92 Å². The van der Waals surface area contributed by atoms with Gasteiger partial charge in [0.2, 0.25) is 5.91 Å². The predicted octanol–water partition coefficient (Wildman–Crippen LogP) is -0.724. The molecule has 0 spiro atoms. The summed E-state index contributed by atoms with van der Waals surface area (Å²) in [6.45, 7) is 2.86. The van der Waals surface area contributed by atoms with E-state index in [2.05, 4.69) is 5.32 Å². The summed E-state index contributed by atoms with van der Waals surface area (Å²) in [6, 6.07) is -0.895. The first-order chi connectivity index (χ1) is 5.66. The fourth-order valence-corrected chi connectivity index (χ4v) is 1.38. The van der Waals surface area contributed by atoms with Gasteiger partial charge in [-0.05, 0) is 6.42 Å². The fourth-order valence-electron chi connectivity index (χ4n) is 1.38. The van der Waals surface area contributed by atoms with Crippen LogP contribution in [0.4, 0.5) is 4.79 Å². The number of nitrogens with zero attached hydrogens (tertiary/aromatic N) is 1. The van der Waals surface area contributed by atoms with Gasteiger partial charge in [-0.3, -0.25) is 4.79 Å². The first kappa shape index (κ1) is 8.83. The Morgan fingerprint density at radius 3 is 2.92 bits per heavy atom. The summed E-state index contributed by atoms with van der Waals surface area (Å²) in [5.41, 5.74) is 5.10. The van der Waals surface area contributed by atoms with Crippen molar-refractivity contribution in [3.05, 3.63) is 0 Å². The number of carbonyl (C=O) groups is 2. The van der Waals surface area contributed by atoms with E-state index in [1.54, 1.807) is 0 Å². The highest BCUT2D eigenvalue weighted by atomic mass is 16.2. The van der Waals surface area contributed by atoms with Crippen molar-refractivity contribution < 1.29 is 9.59 Å². The number of primary amides is 1. The normalized spacial score (nSPS) is 23.6. The zero-order valence-electron chi connectivity index (χ0n) is 7.04. The second-order valence-electron chi connectivity index (χ2n) is 2.75. The fraction of sp³-hybridized carbons (Fsp3) is 0.714. The summed E-state index contributed by atoms with van der Waals surface area (Å²) in [5, 5.41) is 2.68. The Kier molecular flexibility index (Phi) is 2.52. The molecule has 0 unspecified atom stereocenters. The van der Waals surface area contributed by atoms with Crippen molar-refractivity contribution in [3.63, 3.8) is 0 Å². The molecule has 0 aromatic heterocycles. The molecule has 5 heteroatoms. The maximum absolute atomic E-state index is 11.2. The first-order valence-corrected chi connectivity index (χ1v) is 4.00. The van der Waals surface area contributed by atoms with Crippen LogP contribution in [-0.2, 0) is 4.79 Å². The van der Waals surface area contributed by atoms with Crippen LogP contribution in [0.25, 0.3) is 0 Å². The highest BCUT2D eigenvalue weighted by Gasteiger charge is 2.29. The maximum atomic E-state index is 11.2. The van der Waals surface area contributed by atoms with E-state index < -0.39 is 6.03 Å². The molecule has 1 saturated heterocycles. The molecule has 0 aromatic rings. The van der Waals surface area contributed by atoms with Crippen LogP contribution in [0.15, 0.2) is 0 Å². The molecule has 5 nitrogen and oxygen atoms in total. The van der Waals surface area contributed by atoms with Crippen molar-refractivity contribution in [1.82, 2.24) is 10.2 Å². The maximum Gasteiger partial charge on any atom is 0.315 e. The van der Waals surface area contributed by atoms with Gasteiger partial charge in [0.1, 0.15) is 6.04 Å². The molecule has 0 radical (unpaired) electrons. The second-order valence-corrected chi connectivity index (χ2v) is 2.75. The molecule has 12 heavy (non-hydrogen) atoms. The summed E-state index contributed by atoms with van der Waals surface area (Å²) in [4.78, 5) is 23.4. The minimum absolute atomic E-state index is 0.109. The average molecular weight is 171 g/mol. The number of amides is 3. The topological polar surface area (TPSA) is 75.4 Å². The summed E-state index contributed by atoms with van der Waals surface area (Å²) < 4.78 is 0. The minimum Gasteiger partial charge on any atom is -0.353 e. The summed E-state index contributed by atoms with van der Waals surface area (Å²) in [7, 11) is 0. The lowest BCUT2D eigenvalue weighted by molar-refractivity contribution is -0.127. The Bertz CT molecular complexity index is 205. The predicted molar refractivity (Wildman–Crippen MR) is 43.4 cm³/mol. The van der Waals surface area contributed by atoms with Crippen molar-refractivity contribution >= 4 is 11.9 Å². The minimum atomic E-state index is -0.517. The number of nitrogens with one attached hydrogen (secondary N) is 1. The van der Waals surface area contributed by atoms with Crippen LogP contribution in [-0.4, -0.2) is 36.0 Å². The lowest BCUT2D eigenvalue weighted by atomic mass is 10.1. The molecule has 0 bridgehead atoms. The van der Waals surface area contributed by atoms with Crippen molar-refractivity contribution in [3.8, 4) is 0 Å². The Labute approximate surface area is 70.9 Å². The molecular formula is C7H13N3O2. The van der Waals surface area contributed by atoms with Gasteiger partial charge in [0.25, 0.3) is 0 Å². The lowest BCUT2D eigenvalue weighted by Gasteiger charge is -2.32. The molecule has 1 heterocycles. The number of nitrogens with two attached hydrogens (primary N) is 1. The van der Waals surface area contributed by atoms with Crippen molar-refractivity contribution in [2.24, 2.45) is 5.73 Å². The summed E-state index contributed by atoms with van der Waals surface area (Å²) in [5.74, 6) is -0.109. The van der Waals surface area contributed by atoms with Crippen LogP contribution in [0.1, 0.15) is 13.3 Å². The number of rotatable bonds is 1. The van der Waals surface area contributed by atoms with Gasteiger partial charge in [-0.25, -0.2) is 4.79 Å². The van der Waals surface area contributed by atoms with Crippen LogP contribution < -0.4 is 11.1 Å².